The summed E-state index contributed by atoms with van der Waals surface area (Å²) in [6, 6.07) is 4.99. The first-order chi connectivity index (χ1) is 6.04. The molecule has 0 aromatic heterocycles. The van der Waals surface area contributed by atoms with Crippen LogP contribution in [0.5, 0.6) is 0 Å². The van der Waals surface area contributed by atoms with Gasteiger partial charge in [0.15, 0.2) is 0 Å². The maximum Gasteiger partial charge on any atom is 0.291 e. The average molecular weight is 200 g/mol. The molecule has 0 aliphatic carbocycles. The fourth-order valence-corrected chi connectivity index (χ4v) is 1.44. The van der Waals surface area contributed by atoms with Crippen molar-refractivity contribution < 1.29 is 4.92 Å². The van der Waals surface area contributed by atoms with Crippen molar-refractivity contribution in [3.63, 3.8) is 0 Å². The van der Waals surface area contributed by atoms with Gasteiger partial charge in [0, 0.05) is 5.56 Å². The molecule has 1 aromatic rings. The van der Waals surface area contributed by atoms with Gasteiger partial charge in [0.05, 0.1) is 4.92 Å². The number of para-hydroxylation sites is 1. The van der Waals surface area contributed by atoms with E-state index in [4.69, 9.17) is 11.6 Å². The van der Waals surface area contributed by atoms with E-state index >= 15 is 0 Å². The topological polar surface area (TPSA) is 43.1 Å². The highest BCUT2D eigenvalue weighted by atomic mass is 35.5. The van der Waals surface area contributed by atoms with E-state index in [1.54, 1.807) is 12.1 Å². The van der Waals surface area contributed by atoms with E-state index in [0.29, 0.717) is 5.56 Å². The summed E-state index contributed by atoms with van der Waals surface area (Å²) in [5.74, 6) is 0.110. The van der Waals surface area contributed by atoms with Gasteiger partial charge in [0.25, 0.3) is 5.69 Å². The van der Waals surface area contributed by atoms with Crippen LogP contribution in [0.25, 0.3) is 0 Å². The van der Waals surface area contributed by atoms with E-state index < -0.39 is 4.92 Å². The second-order valence-electron chi connectivity index (χ2n) is 3.09. The number of hydrogen-bond acceptors (Lipinski definition) is 2. The Hall–Kier alpha value is -1.09. The lowest BCUT2D eigenvalue weighted by Crippen LogP contribution is -1.97. The van der Waals surface area contributed by atoms with E-state index in [1.165, 1.54) is 6.07 Å². The predicted octanol–water partition coefficient (Wildman–Crippen LogP) is 3.37. The fraction of sp³-hybridized carbons (Fsp3) is 0.333. The maximum atomic E-state index is 10.7. The van der Waals surface area contributed by atoms with Gasteiger partial charge in [-0.3, -0.25) is 10.1 Å². The Morgan fingerprint density at radius 3 is 2.46 bits per heavy atom. The normalized spacial score (nSPS) is 10.5. The maximum absolute atomic E-state index is 10.7. The Morgan fingerprint density at radius 1 is 1.46 bits per heavy atom. The number of nitro benzene ring substituents is 1. The fourth-order valence-electron chi connectivity index (χ4n) is 1.19. The van der Waals surface area contributed by atoms with Gasteiger partial charge in [-0.25, -0.2) is 0 Å². The minimum atomic E-state index is -0.433. The lowest BCUT2D eigenvalue weighted by molar-refractivity contribution is -0.385. The van der Waals surface area contributed by atoms with Crippen molar-refractivity contribution in [3.8, 4) is 0 Å². The molecule has 0 saturated heterocycles. The van der Waals surface area contributed by atoms with Crippen LogP contribution in [0.2, 0.25) is 5.02 Å². The van der Waals surface area contributed by atoms with Crippen molar-refractivity contribution >= 4 is 17.3 Å². The standard InChI is InChI=1S/C9H10ClNO2/c1-6(2)7-4-3-5-8(10)9(7)11(12)13/h3-6H,1-2H3. The molecule has 0 atom stereocenters. The molecule has 0 unspecified atom stereocenters. The third kappa shape index (κ3) is 1.98. The minimum absolute atomic E-state index is 0.0270. The van der Waals surface area contributed by atoms with Crippen LogP contribution in [0, 0.1) is 10.1 Å². The molecular weight excluding hydrogens is 190 g/mol. The summed E-state index contributed by atoms with van der Waals surface area (Å²) in [4.78, 5) is 10.2. The zero-order chi connectivity index (χ0) is 10.0. The quantitative estimate of drug-likeness (QED) is 0.541. The first-order valence-electron chi connectivity index (χ1n) is 3.97. The number of benzene rings is 1. The van der Waals surface area contributed by atoms with E-state index in [-0.39, 0.29) is 16.6 Å². The molecule has 0 amide bonds. The van der Waals surface area contributed by atoms with Gasteiger partial charge in [-0.1, -0.05) is 37.6 Å². The van der Waals surface area contributed by atoms with Crippen LogP contribution in [0.4, 0.5) is 5.69 Å². The van der Waals surface area contributed by atoms with E-state index in [1.807, 2.05) is 13.8 Å². The Bertz CT molecular complexity index is 336. The molecule has 3 nitrogen and oxygen atoms in total. The smallest absolute Gasteiger partial charge is 0.258 e. The molecule has 0 aliphatic rings. The van der Waals surface area contributed by atoms with E-state index in [0.717, 1.165) is 0 Å². The molecule has 0 N–H and O–H groups in total. The van der Waals surface area contributed by atoms with Crippen molar-refractivity contribution in [2.45, 2.75) is 19.8 Å². The molecule has 0 heterocycles. The first kappa shape index (κ1) is 9.99. The summed E-state index contributed by atoms with van der Waals surface area (Å²) in [6.45, 7) is 3.80. The van der Waals surface area contributed by atoms with E-state index in [9.17, 15) is 10.1 Å². The Morgan fingerprint density at radius 2 is 2.08 bits per heavy atom. The van der Waals surface area contributed by atoms with Crippen LogP contribution >= 0.6 is 11.6 Å². The minimum Gasteiger partial charge on any atom is -0.258 e. The van der Waals surface area contributed by atoms with Gasteiger partial charge in [0.1, 0.15) is 5.02 Å². The number of hydrogen-bond donors (Lipinski definition) is 0. The van der Waals surface area contributed by atoms with Gasteiger partial charge in [-0.05, 0) is 12.0 Å². The second kappa shape index (κ2) is 3.75. The Labute approximate surface area is 81.5 Å². The summed E-state index contributed by atoms with van der Waals surface area (Å²) in [5, 5.41) is 10.9. The van der Waals surface area contributed by atoms with Crippen molar-refractivity contribution in [3.05, 3.63) is 38.9 Å². The van der Waals surface area contributed by atoms with Gasteiger partial charge < -0.3 is 0 Å². The van der Waals surface area contributed by atoms with E-state index in [2.05, 4.69) is 0 Å². The molecule has 1 aromatic carbocycles. The molecule has 1 rings (SSSR count). The molecular formula is C9H10ClNO2. The summed E-state index contributed by atoms with van der Waals surface area (Å²) in [7, 11) is 0. The SMILES string of the molecule is CC(C)c1cccc(Cl)c1[N+](=O)[O-]. The number of halogens is 1. The largest absolute Gasteiger partial charge is 0.291 e. The van der Waals surface area contributed by atoms with Crippen LogP contribution < -0.4 is 0 Å². The first-order valence-corrected chi connectivity index (χ1v) is 4.34. The lowest BCUT2D eigenvalue weighted by Gasteiger charge is -2.06. The highest BCUT2D eigenvalue weighted by molar-refractivity contribution is 6.32. The van der Waals surface area contributed by atoms with Gasteiger partial charge in [0.2, 0.25) is 0 Å². The van der Waals surface area contributed by atoms with Crippen LogP contribution in [0.15, 0.2) is 18.2 Å². The second-order valence-corrected chi connectivity index (χ2v) is 3.50. The van der Waals surface area contributed by atoms with Gasteiger partial charge in [-0.15, -0.1) is 0 Å². The van der Waals surface area contributed by atoms with Crippen LogP contribution in [0.3, 0.4) is 0 Å². The summed E-state index contributed by atoms with van der Waals surface area (Å²) in [6.07, 6.45) is 0. The van der Waals surface area contributed by atoms with Crippen LogP contribution in [-0.2, 0) is 0 Å². The highest BCUT2D eigenvalue weighted by Crippen LogP contribution is 2.32. The molecule has 0 spiro atoms. The number of nitro groups is 1. The Kier molecular flexibility index (Phi) is 2.88. The monoisotopic (exact) mass is 199 g/mol. The highest BCUT2D eigenvalue weighted by Gasteiger charge is 2.19. The third-order valence-corrected chi connectivity index (χ3v) is 2.13. The predicted molar refractivity (Wildman–Crippen MR) is 52.2 cm³/mol. The summed E-state index contributed by atoms with van der Waals surface area (Å²) >= 11 is 5.73. The lowest BCUT2D eigenvalue weighted by atomic mass is 10.0. The van der Waals surface area contributed by atoms with Crippen LogP contribution in [0.1, 0.15) is 25.3 Å². The molecule has 70 valence electrons. The molecule has 0 fully saturated rings. The molecule has 0 radical (unpaired) electrons. The van der Waals surface area contributed by atoms with Crippen molar-refractivity contribution in [1.29, 1.82) is 0 Å². The van der Waals surface area contributed by atoms with Crippen molar-refractivity contribution in [2.24, 2.45) is 0 Å². The van der Waals surface area contributed by atoms with Crippen molar-refractivity contribution in [2.75, 3.05) is 0 Å². The van der Waals surface area contributed by atoms with Gasteiger partial charge >= 0.3 is 0 Å². The third-order valence-electron chi connectivity index (χ3n) is 1.82. The zero-order valence-corrected chi connectivity index (χ0v) is 8.21. The summed E-state index contributed by atoms with van der Waals surface area (Å²) in [5.41, 5.74) is 0.705. The molecule has 0 saturated carbocycles. The van der Waals surface area contributed by atoms with Crippen LogP contribution in [-0.4, -0.2) is 4.92 Å². The molecule has 13 heavy (non-hydrogen) atoms. The number of nitrogens with zero attached hydrogens (tertiary/aromatic N) is 1. The molecule has 0 bridgehead atoms. The van der Waals surface area contributed by atoms with Crippen molar-refractivity contribution in [1.82, 2.24) is 0 Å². The Balaban J connectivity index is 3.34. The number of rotatable bonds is 2. The van der Waals surface area contributed by atoms with Gasteiger partial charge in [-0.2, -0.15) is 0 Å². The summed E-state index contributed by atoms with van der Waals surface area (Å²) < 4.78 is 0. The molecule has 0 aliphatic heterocycles. The zero-order valence-electron chi connectivity index (χ0n) is 7.45. The average Bonchev–Trinajstić information content (AvgIpc) is 2.02. The molecule has 4 heteroatoms.